The number of nitrogens with one attached hydrogen (secondary N) is 2. The highest BCUT2D eigenvalue weighted by molar-refractivity contribution is 6.04. The van der Waals surface area contributed by atoms with Crippen molar-refractivity contribution in [3.63, 3.8) is 0 Å². The van der Waals surface area contributed by atoms with Crippen LogP contribution in [0.5, 0.6) is 0 Å². The summed E-state index contributed by atoms with van der Waals surface area (Å²) in [5, 5.41) is 21.5. The van der Waals surface area contributed by atoms with Crippen LogP contribution in [-0.2, 0) is 5.41 Å². The van der Waals surface area contributed by atoms with Crippen molar-refractivity contribution in [3.05, 3.63) is 23.5 Å². The summed E-state index contributed by atoms with van der Waals surface area (Å²) in [6.45, 7) is 6.93. The van der Waals surface area contributed by atoms with Crippen molar-refractivity contribution >= 4 is 17.4 Å². The summed E-state index contributed by atoms with van der Waals surface area (Å²) in [5.41, 5.74) is 7.05. The smallest absolute Gasteiger partial charge is 0.259 e. The molecular formula is C30H46N8O. The SMILES string of the molecule is CN1CCC(C2CCNC3(CCCCCCCC3)C2NC(=O)c2c(N)nn3cc(C(C)(C)C#N)cnc23)CC1. The Morgan fingerprint density at radius 1 is 1.15 bits per heavy atom. The van der Waals surface area contributed by atoms with E-state index in [2.05, 4.69) is 38.7 Å². The van der Waals surface area contributed by atoms with Crippen LogP contribution in [0.3, 0.4) is 0 Å². The highest BCUT2D eigenvalue weighted by atomic mass is 16.1. The number of nitrogens with zero attached hydrogens (tertiary/aromatic N) is 5. The van der Waals surface area contributed by atoms with Crippen LogP contribution in [0.4, 0.5) is 5.82 Å². The van der Waals surface area contributed by atoms with Gasteiger partial charge in [0.05, 0.1) is 17.5 Å². The molecule has 39 heavy (non-hydrogen) atoms. The maximum Gasteiger partial charge on any atom is 0.259 e. The summed E-state index contributed by atoms with van der Waals surface area (Å²) in [7, 11) is 2.21. The van der Waals surface area contributed by atoms with Crippen molar-refractivity contribution in [2.24, 2.45) is 11.8 Å². The number of amides is 1. The lowest BCUT2D eigenvalue weighted by Gasteiger charge is -2.52. The Balaban J connectivity index is 1.48. The lowest BCUT2D eigenvalue weighted by Crippen LogP contribution is -2.68. The van der Waals surface area contributed by atoms with Gasteiger partial charge in [0, 0.05) is 23.5 Å². The molecule has 2 aromatic rings. The maximum absolute atomic E-state index is 14.1. The normalized spacial score (nSPS) is 25.5. The number of hydrogen-bond acceptors (Lipinski definition) is 7. The van der Waals surface area contributed by atoms with E-state index in [4.69, 9.17) is 5.73 Å². The van der Waals surface area contributed by atoms with Crippen molar-refractivity contribution < 1.29 is 4.79 Å². The van der Waals surface area contributed by atoms with Gasteiger partial charge in [-0.1, -0.05) is 38.5 Å². The van der Waals surface area contributed by atoms with Crippen LogP contribution >= 0.6 is 0 Å². The first kappa shape index (κ1) is 27.9. The van der Waals surface area contributed by atoms with E-state index >= 15 is 0 Å². The minimum absolute atomic E-state index is 0.0383. The molecule has 4 heterocycles. The molecular weight excluding hydrogens is 488 g/mol. The average Bonchev–Trinajstić information content (AvgIpc) is 3.31. The zero-order chi connectivity index (χ0) is 27.6. The fourth-order valence-corrected chi connectivity index (χ4v) is 7.36. The molecule has 2 aromatic heterocycles. The number of anilines is 1. The van der Waals surface area contributed by atoms with Crippen LogP contribution in [0.1, 0.15) is 100 Å². The molecule has 1 amide bonds. The summed E-state index contributed by atoms with van der Waals surface area (Å²) in [6.07, 6.45) is 16.6. The second-order valence-corrected chi connectivity index (χ2v) is 12.9. The third kappa shape index (κ3) is 5.64. The van der Waals surface area contributed by atoms with Crippen LogP contribution in [0, 0.1) is 23.2 Å². The van der Waals surface area contributed by atoms with Gasteiger partial charge in [0.15, 0.2) is 11.5 Å². The van der Waals surface area contributed by atoms with Crippen LogP contribution in [0.2, 0.25) is 0 Å². The molecule has 0 bridgehead atoms. The molecule has 1 saturated carbocycles. The van der Waals surface area contributed by atoms with Gasteiger partial charge in [-0.25, -0.2) is 9.50 Å². The second kappa shape index (κ2) is 11.4. The predicted molar refractivity (Wildman–Crippen MR) is 153 cm³/mol. The summed E-state index contributed by atoms with van der Waals surface area (Å²) in [6, 6.07) is 2.34. The van der Waals surface area contributed by atoms with Gasteiger partial charge < -0.3 is 21.3 Å². The van der Waals surface area contributed by atoms with E-state index in [1.165, 1.54) is 51.4 Å². The summed E-state index contributed by atoms with van der Waals surface area (Å²) >= 11 is 0. The summed E-state index contributed by atoms with van der Waals surface area (Å²) in [4.78, 5) is 21.1. The number of carbonyl (C=O) groups is 1. The molecule has 0 radical (unpaired) electrons. The number of nitrogen functional groups attached to an aromatic ring is 1. The summed E-state index contributed by atoms with van der Waals surface area (Å²) in [5.74, 6) is 1.03. The van der Waals surface area contributed by atoms with E-state index < -0.39 is 5.41 Å². The minimum atomic E-state index is -0.720. The van der Waals surface area contributed by atoms with Crippen LogP contribution < -0.4 is 16.4 Å². The molecule has 2 saturated heterocycles. The third-order valence-corrected chi connectivity index (χ3v) is 9.86. The third-order valence-electron chi connectivity index (χ3n) is 9.86. The molecule has 9 nitrogen and oxygen atoms in total. The fourth-order valence-electron chi connectivity index (χ4n) is 7.36. The highest BCUT2D eigenvalue weighted by Crippen LogP contribution is 2.41. The number of likely N-dealkylation sites (tertiary alicyclic amines) is 1. The van der Waals surface area contributed by atoms with Gasteiger partial charge in [-0.3, -0.25) is 4.79 Å². The van der Waals surface area contributed by atoms with Crippen LogP contribution in [-0.4, -0.2) is 63.7 Å². The van der Waals surface area contributed by atoms with E-state index in [0.29, 0.717) is 23.0 Å². The van der Waals surface area contributed by atoms with Crippen LogP contribution in [0.15, 0.2) is 12.4 Å². The van der Waals surface area contributed by atoms with E-state index in [0.717, 1.165) is 44.5 Å². The molecule has 1 spiro atoms. The van der Waals surface area contributed by atoms with Gasteiger partial charge in [-0.05, 0) is 84.5 Å². The minimum Gasteiger partial charge on any atom is -0.381 e. The standard InChI is InChI=1S/C30H46N8O/c1-29(2,20-31)22-18-33-27-24(26(32)36-38(27)19-22)28(39)35-25-23(21-11-16-37(3)17-12-21)10-15-34-30(25)13-8-6-4-5-7-9-14-30/h18-19,21,23,25,34H,4-17H2,1-3H3,(H2,32,36)(H,35,39). The van der Waals surface area contributed by atoms with Crippen molar-refractivity contribution in [3.8, 4) is 6.07 Å². The first-order valence-electron chi connectivity index (χ1n) is 15.0. The first-order valence-corrected chi connectivity index (χ1v) is 15.0. The van der Waals surface area contributed by atoms with Gasteiger partial charge in [0.2, 0.25) is 0 Å². The van der Waals surface area contributed by atoms with Gasteiger partial charge in [-0.2, -0.15) is 5.26 Å². The van der Waals surface area contributed by atoms with Gasteiger partial charge in [0.1, 0.15) is 5.56 Å². The van der Waals surface area contributed by atoms with E-state index in [1.54, 1.807) is 16.9 Å². The summed E-state index contributed by atoms with van der Waals surface area (Å²) < 4.78 is 1.56. The molecule has 2 unspecified atom stereocenters. The Bertz CT molecular complexity index is 1200. The topological polar surface area (TPSA) is 124 Å². The molecule has 1 aliphatic carbocycles. The predicted octanol–water partition coefficient (Wildman–Crippen LogP) is 4.04. The molecule has 2 aliphatic heterocycles. The van der Waals surface area contributed by atoms with E-state index in [-0.39, 0.29) is 23.3 Å². The zero-order valence-electron chi connectivity index (χ0n) is 24.0. The lowest BCUT2D eigenvalue weighted by atomic mass is 9.66. The second-order valence-electron chi connectivity index (χ2n) is 12.9. The number of rotatable bonds is 4. The zero-order valence-corrected chi connectivity index (χ0v) is 24.0. The maximum atomic E-state index is 14.1. The monoisotopic (exact) mass is 534 g/mol. The fraction of sp³-hybridized carbons (Fsp3) is 0.733. The van der Waals surface area contributed by atoms with Crippen molar-refractivity contribution in [1.29, 1.82) is 5.26 Å². The number of carbonyl (C=O) groups excluding carboxylic acids is 1. The number of hydrogen-bond donors (Lipinski definition) is 3. The van der Waals surface area contributed by atoms with Gasteiger partial charge in [0.25, 0.3) is 5.91 Å². The van der Waals surface area contributed by atoms with Crippen molar-refractivity contribution in [1.82, 2.24) is 30.1 Å². The molecule has 5 rings (SSSR count). The highest BCUT2D eigenvalue weighted by Gasteiger charge is 2.48. The van der Waals surface area contributed by atoms with Crippen molar-refractivity contribution in [2.45, 2.75) is 101 Å². The molecule has 212 valence electrons. The van der Waals surface area contributed by atoms with Crippen molar-refractivity contribution in [2.75, 3.05) is 32.4 Å². The average molecular weight is 535 g/mol. The van der Waals surface area contributed by atoms with E-state index in [1.807, 2.05) is 13.8 Å². The Hall–Kier alpha value is -2.70. The number of nitrogens with two attached hydrogens (primary N) is 1. The van der Waals surface area contributed by atoms with Gasteiger partial charge >= 0.3 is 0 Å². The lowest BCUT2D eigenvalue weighted by molar-refractivity contribution is 0.0434. The first-order chi connectivity index (χ1) is 18.7. The molecule has 3 aliphatic rings. The molecule has 9 heteroatoms. The van der Waals surface area contributed by atoms with Crippen LogP contribution in [0.25, 0.3) is 5.65 Å². The molecule has 2 atom stereocenters. The Kier molecular flexibility index (Phi) is 8.16. The quantitative estimate of drug-likeness (QED) is 0.541. The number of nitriles is 1. The molecule has 3 fully saturated rings. The Morgan fingerprint density at radius 3 is 2.49 bits per heavy atom. The largest absolute Gasteiger partial charge is 0.381 e. The number of aromatic nitrogens is 3. The molecule has 0 aromatic carbocycles. The van der Waals surface area contributed by atoms with E-state index in [9.17, 15) is 10.1 Å². The van der Waals surface area contributed by atoms with Gasteiger partial charge in [-0.15, -0.1) is 5.10 Å². The molecule has 4 N–H and O–H groups in total. The Labute approximate surface area is 232 Å². The number of fused-ring (bicyclic) bond motifs is 1. The number of piperidine rings is 2. The Morgan fingerprint density at radius 2 is 1.82 bits per heavy atom.